The van der Waals surface area contributed by atoms with Gasteiger partial charge in [-0.3, -0.25) is 14.2 Å². The maximum absolute atomic E-state index is 13.3. The van der Waals surface area contributed by atoms with Crippen LogP contribution in [0, 0.1) is 6.92 Å². The van der Waals surface area contributed by atoms with E-state index in [9.17, 15) is 9.59 Å². The lowest BCUT2D eigenvalue weighted by Gasteiger charge is -2.15. The summed E-state index contributed by atoms with van der Waals surface area (Å²) in [6.45, 7) is 4.35. The third-order valence-corrected chi connectivity index (χ3v) is 5.83. The number of fused-ring (bicyclic) bond motifs is 1. The molecule has 1 amide bonds. The SMILES string of the molecule is CCOc1ccccc1NC(=O)CSc1nc2ccccc2c(=O)n1-c1ccccc1C. The van der Waals surface area contributed by atoms with E-state index >= 15 is 0 Å². The summed E-state index contributed by atoms with van der Waals surface area (Å²) in [6.07, 6.45) is 0. The Hall–Kier alpha value is -3.58. The van der Waals surface area contributed by atoms with E-state index in [0.29, 0.717) is 34.1 Å². The van der Waals surface area contributed by atoms with Crippen molar-refractivity contribution >= 4 is 34.3 Å². The lowest BCUT2D eigenvalue weighted by molar-refractivity contribution is -0.113. The molecule has 32 heavy (non-hydrogen) atoms. The van der Waals surface area contributed by atoms with E-state index in [1.807, 2.05) is 68.4 Å². The maximum atomic E-state index is 13.3. The van der Waals surface area contributed by atoms with Gasteiger partial charge in [0.2, 0.25) is 5.91 Å². The zero-order valence-corrected chi connectivity index (χ0v) is 18.7. The van der Waals surface area contributed by atoms with Crippen LogP contribution in [-0.4, -0.2) is 27.8 Å². The summed E-state index contributed by atoms with van der Waals surface area (Å²) in [5.41, 5.74) is 2.76. The number of ether oxygens (including phenoxy) is 1. The number of anilines is 1. The number of nitrogens with one attached hydrogen (secondary N) is 1. The van der Waals surface area contributed by atoms with Crippen LogP contribution in [0.5, 0.6) is 5.75 Å². The van der Waals surface area contributed by atoms with E-state index < -0.39 is 0 Å². The predicted molar refractivity (Wildman–Crippen MR) is 129 cm³/mol. The molecular formula is C25H23N3O3S. The summed E-state index contributed by atoms with van der Waals surface area (Å²) in [5.74, 6) is 0.506. The molecule has 162 valence electrons. The fourth-order valence-electron chi connectivity index (χ4n) is 3.40. The van der Waals surface area contributed by atoms with Crippen molar-refractivity contribution < 1.29 is 9.53 Å². The number of aromatic nitrogens is 2. The van der Waals surface area contributed by atoms with Crippen molar-refractivity contribution in [2.24, 2.45) is 0 Å². The van der Waals surface area contributed by atoms with Crippen LogP contribution in [0.3, 0.4) is 0 Å². The van der Waals surface area contributed by atoms with Gasteiger partial charge >= 0.3 is 0 Å². The molecule has 3 aromatic carbocycles. The molecule has 0 radical (unpaired) electrons. The minimum atomic E-state index is -0.208. The van der Waals surface area contributed by atoms with Crippen molar-refractivity contribution in [2.75, 3.05) is 17.7 Å². The average Bonchev–Trinajstić information content (AvgIpc) is 2.80. The van der Waals surface area contributed by atoms with E-state index in [1.165, 1.54) is 11.8 Å². The lowest BCUT2D eigenvalue weighted by Crippen LogP contribution is -2.23. The van der Waals surface area contributed by atoms with Crippen LogP contribution >= 0.6 is 11.8 Å². The van der Waals surface area contributed by atoms with Crippen molar-refractivity contribution in [3.63, 3.8) is 0 Å². The Labute approximate surface area is 190 Å². The number of amides is 1. The van der Waals surface area contributed by atoms with Gasteiger partial charge in [-0.15, -0.1) is 0 Å². The number of benzene rings is 3. The summed E-state index contributed by atoms with van der Waals surface area (Å²) >= 11 is 1.23. The minimum absolute atomic E-state index is 0.0944. The van der Waals surface area contributed by atoms with Gasteiger partial charge in [0.15, 0.2) is 5.16 Å². The van der Waals surface area contributed by atoms with E-state index in [2.05, 4.69) is 5.32 Å². The zero-order chi connectivity index (χ0) is 22.5. The molecule has 6 nitrogen and oxygen atoms in total. The maximum Gasteiger partial charge on any atom is 0.266 e. The summed E-state index contributed by atoms with van der Waals surface area (Å²) in [4.78, 5) is 30.8. The van der Waals surface area contributed by atoms with Gasteiger partial charge < -0.3 is 10.1 Å². The molecule has 0 saturated carbocycles. The number of nitrogens with zero attached hydrogens (tertiary/aromatic N) is 2. The van der Waals surface area contributed by atoms with Gasteiger partial charge in [-0.05, 0) is 49.7 Å². The summed E-state index contributed by atoms with van der Waals surface area (Å²) in [6, 6.07) is 22.2. The molecule has 0 bridgehead atoms. The fraction of sp³-hybridized carbons (Fsp3) is 0.160. The van der Waals surface area contributed by atoms with E-state index in [4.69, 9.17) is 9.72 Å². The Balaban J connectivity index is 1.66. The predicted octanol–water partition coefficient (Wildman–Crippen LogP) is 4.82. The van der Waals surface area contributed by atoms with Crippen LogP contribution in [0.25, 0.3) is 16.6 Å². The normalized spacial score (nSPS) is 10.8. The van der Waals surface area contributed by atoms with Gasteiger partial charge in [-0.1, -0.05) is 54.2 Å². The molecule has 0 aliphatic carbocycles. The molecule has 0 aliphatic rings. The van der Waals surface area contributed by atoms with Crippen LogP contribution in [-0.2, 0) is 4.79 Å². The van der Waals surface area contributed by atoms with E-state index in [-0.39, 0.29) is 17.2 Å². The molecule has 1 heterocycles. The smallest absolute Gasteiger partial charge is 0.266 e. The third kappa shape index (κ3) is 4.53. The highest BCUT2D eigenvalue weighted by Crippen LogP contribution is 2.26. The Kier molecular flexibility index (Phi) is 6.56. The van der Waals surface area contributed by atoms with Crippen molar-refractivity contribution in [1.82, 2.24) is 9.55 Å². The number of aryl methyl sites for hydroxylation is 1. The van der Waals surface area contributed by atoms with Gasteiger partial charge in [-0.2, -0.15) is 0 Å². The summed E-state index contributed by atoms with van der Waals surface area (Å²) in [5, 5.41) is 3.89. The molecule has 0 atom stereocenters. The topological polar surface area (TPSA) is 73.2 Å². The fourth-order valence-corrected chi connectivity index (χ4v) is 4.21. The number of carbonyl (C=O) groups excluding carboxylic acids is 1. The first-order valence-electron chi connectivity index (χ1n) is 10.3. The van der Waals surface area contributed by atoms with Crippen molar-refractivity contribution in [3.05, 3.63) is 88.7 Å². The number of thioether (sulfide) groups is 1. The van der Waals surface area contributed by atoms with Crippen LogP contribution in [0.1, 0.15) is 12.5 Å². The van der Waals surface area contributed by atoms with Crippen LogP contribution in [0.15, 0.2) is 82.7 Å². The molecule has 7 heteroatoms. The summed E-state index contributed by atoms with van der Waals surface area (Å²) in [7, 11) is 0. The van der Waals surface area contributed by atoms with Gasteiger partial charge in [-0.25, -0.2) is 4.98 Å². The molecule has 0 aliphatic heterocycles. The van der Waals surface area contributed by atoms with Crippen molar-refractivity contribution in [3.8, 4) is 11.4 Å². The number of rotatable bonds is 7. The second kappa shape index (κ2) is 9.70. The molecule has 4 rings (SSSR count). The molecule has 0 unspecified atom stereocenters. The molecule has 0 fully saturated rings. The van der Waals surface area contributed by atoms with E-state index in [1.54, 1.807) is 22.8 Å². The quantitative estimate of drug-likeness (QED) is 0.326. The van der Waals surface area contributed by atoms with Crippen LogP contribution in [0.4, 0.5) is 5.69 Å². The Morgan fingerprint density at radius 2 is 1.75 bits per heavy atom. The van der Waals surface area contributed by atoms with Gasteiger partial charge in [0, 0.05) is 0 Å². The van der Waals surface area contributed by atoms with Crippen LogP contribution in [0.2, 0.25) is 0 Å². The second-order valence-corrected chi connectivity index (χ2v) is 8.05. The second-order valence-electron chi connectivity index (χ2n) is 7.10. The highest BCUT2D eigenvalue weighted by atomic mass is 32.2. The first-order valence-corrected chi connectivity index (χ1v) is 11.3. The van der Waals surface area contributed by atoms with Gasteiger partial charge in [0.1, 0.15) is 5.75 Å². The lowest BCUT2D eigenvalue weighted by atomic mass is 10.2. The highest BCUT2D eigenvalue weighted by molar-refractivity contribution is 7.99. The van der Waals surface area contributed by atoms with E-state index in [0.717, 1.165) is 11.3 Å². The number of hydrogen-bond acceptors (Lipinski definition) is 5. The molecule has 0 saturated heterocycles. The van der Waals surface area contributed by atoms with Crippen LogP contribution < -0.4 is 15.6 Å². The summed E-state index contributed by atoms with van der Waals surface area (Å²) < 4.78 is 7.16. The average molecular weight is 446 g/mol. The first-order chi connectivity index (χ1) is 15.6. The molecular weight excluding hydrogens is 422 g/mol. The number of carbonyl (C=O) groups is 1. The van der Waals surface area contributed by atoms with Gasteiger partial charge in [0.05, 0.1) is 34.6 Å². The Morgan fingerprint density at radius 3 is 2.56 bits per heavy atom. The Bertz CT molecular complexity index is 1330. The molecule has 1 N–H and O–H groups in total. The minimum Gasteiger partial charge on any atom is -0.492 e. The van der Waals surface area contributed by atoms with Gasteiger partial charge in [0.25, 0.3) is 5.56 Å². The number of para-hydroxylation sites is 4. The first kappa shape index (κ1) is 21.6. The molecule has 4 aromatic rings. The zero-order valence-electron chi connectivity index (χ0n) is 17.9. The standard InChI is InChI=1S/C25H23N3O3S/c1-3-31-22-15-9-7-13-20(22)26-23(29)16-32-25-27-19-12-6-5-11-18(19)24(30)28(25)21-14-8-4-10-17(21)2/h4-15H,3,16H2,1-2H3,(H,26,29). The Morgan fingerprint density at radius 1 is 1.03 bits per heavy atom. The molecule has 1 aromatic heterocycles. The molecule has 0 spiro atoms. The highest BCUT2D eigenvalue weighted by Gasteiger charge is 2.16. The third-order valence-electron chi connectivity index (χ3n) is 4.89. The van der Waals surface area contributed by atoms with Crippen molar-refractivity contribution in [1.29, 1.82) is 0 Å². The number of hydrogen-bond donors (Lipinski definition) is 1. The van der Waals surface area contributed by atoms with Crippen molar-refractivity contribution in [2.45, 2.75) is 19.0 Å². The monoisotopic (exact) mass is 445 g/mol. The largest absolute Gasteiger partial charge is 0.492 e.